The van der Waals surface area contributed by atoms with Crippen LogP contribution in [-0.4, -0.2) is 13.6 Å². The Balaban J connectivity index is 2.17. The lowest BCUT2D eigenvalue weighted by atomic mass is 10.1. The molecule has 0 radical (unpaired) electrons. The zero-order chi connectivity index (χ0) is 15.2. The second kappa shape index (κ2) is 7.28. The monoisotopic (exact) mass is 282 g/mol. The van der Waals surface area contributed by atoms with Gasteiger partial charge in [-0.1, -0.05) is 37.3 Å². The molecule has 0 unspecified atom stereocenters. The topological polar surface area (TPSA) is 15.3 Å². The second-order valence-corrected chi connectivity index (χ2v) is 5.75. The van der Waals surface area contributed by atoms with Crippen molar-refractivity contribution in [1.82, 2.24) is 5.32 Å². The third-order valence-corrected chi connectivity index (χ3v) is 3.74. The van der Waals surface area contributed by atoms with E-state index in [1.54, 1.807) is 0 Å². The van der Waals surface area contributed by atoms with E-state index in [1.165, 1.54) is 27.9 Å². The summed E-state index contributed by atoms with van der Waals surface area (Å²) in [4.78, 5) is 2.32. The number of anilines is 1. The highest BCUT2D eigenvalue weighted by Crippen LogP contribution is 2.20. The predicted molar refractivity (Wildman–Crippen MR) is 91.8 cm³/mol. The molecule has 0 aliphatic carbocycles. The van der Waals surface area contributed by atoms with Gasteiger partial charge in [-0.25, -0.2) is 0 Å². The molecular weight excluding hydrogens is 256 g/mol. The molecule has 0 spiro atoms. The fourth-order valence-corrected chi connectivity index (χ4v) is 2.66. The third-order valence-electron chi connectivity index (χ3n) is 3.74. The molecule has 0 heterocycles. The molecule has 2 heteroatoms. The highest BCUT2D eigenvalue weighted by atomic mass is 15.1. The van der Waals surface area contributed by atoms with E-state index in [0.717, 1.165) is 19.6 Å². The Morgan fingerprint density at radius 1 is 0.952 bits per heavy atom. The number of nitrogens with one attached hydrogen (secondary N) is 1. The normalized spacial score (nSPS) is 10.7. The number of aryl methyl sites for hydroxylation is 2. The van der Waals surface area contributed by atoms with Crippen LogP contribution < -0.4 is 10.2 Å². The summed E-state index contributed by atoms with van der Waals surface area (Å²) in [7, 11) is 2.16. The number of benzene rings is 2. The SMILES string of the molecule is CCNCc1ccccc1CN(C)c1cc(C)cc(C)c1. The summed E-state index contributed by atoms with van der Waals surface area (Å²) in [6.45, 7) is 9.33. The molecule has 0 saturated heterocycles. The lowest BCUT2D eigenvalue weighted by Crippen LogP contribution is -2.20. The van der Waals surface area contributed by atoms with Gasteiger partial charge in [0.1, 0.15) is 0 Å². The number of nitrogens with zero attached hydrogens (tertiary/aromatic N) is 1. The maximum absolute atomic E-state index is 3.42. The van der Waals surface area contributed by atoms with Gasteiger partial charge >= 0.3 is 0 Å². The molecule has 1 N–H and O–H groups in total. The van der Waals surface area contributed by atoms with Crippen molar-refractivity contribution in [3.8, 4) is 0 Å². The van der Waals surface area contributed by atoms with Gasteiger partial charge in [0.15, 0.2) is 0 Å². The summed E-state index contributed by atoms with van der Waals surface area (Å²) in [5.74, 6) is 0. The van der Waals surface area contributed by atoms with Crippen LogP contribution in [0.15, 0.2) is 42.5 Å². The molecule has 0 aliphatic rings. The van der Waals surface area contributed by atoms with Gasteiger partial charge in [-0.2, -0.15) is 0 Å². The highest BCUT2D eigenvalue weighted by molar-refractivity contribution is 5.51. The first-order valence-corrected chi connectivity index (χ1v) is 7.67. The number of hydrogen-bond donors (Lipinski definition) is 1. The highest BCUT2D eigenvalue weighted by Gasteiger charge is 2.07. The third kappa shape index (κ3) is 4.33. The quantitative estimate of drug-likeness (QED) is 0.860. The molecular formula is C19H26N2. The summed E-state index contributed by atoms with van der Waals surface area (Å²) in [5, 5.41) is 3.42. The van der Waals surface area contributed by atoms with Gasteiger partial charge in [-0.15, -0.1) is 0 Å². The van der Waals surface area contributed by atoms with E-state index in [4.69, 9.17) is 0 Å². The molecule has 0 amide bonds. The fourth-order valence-electron chi connectivity index (χ4n) is 2.66. The molecule has 0 saturated carbocycles. The van der Waals surface area contributed by atoms with Crippen molar-refractivity contribution in [3.63, 3.8) is 0 Å². The molecule has 21 heavy (non-hydrogen) atoms. The number of hydrogen-bond acceptors (Lipinski definition) is 2. The first kappa shape index (κ1) is 15.6. The van der Waals surface area contributed by atoms with Crippen molar-refractivity contribution < 1.29 is 0 Å². The summed E-state index contributed by atoms with van der Waals surface area (Å²) < 4.78 is 0. The van der Waals surface area contributed by atoms with E-state index in [9.17, 15) is 0 Å². The Morgan fingerprint density at radius 3 is 2.19 bits per heavy atom. The Bertz CT molecular complexity index is 570. The van der Waals surface area contributed by atoms with Crippen LogP contribution in [0, 0.1) is 13.8 Å². The van der Waals surface area contributed by atoms with Crippen LogP contribution in [0.3, 0.4) is 0 Å². The maximum atomic E-state index is 3.42. The molecule has 0 aromatic heterocycles. The standard InChI is InChI=1S/C19H26N2/c1-5-20-13-17-8-6-7-9-18(17)14-21(4)19-11-15(2)10-16(3)12-19/h6-12,20H,5,13-14H2,1-4H3. The van der Waals surface area contributed by atoms with Crippen molar-refractivity contribution in [3.05, 3.63) is 64.7 Å². The smallest absolute Gasteiger partial charge is 0.0429 e. The van der Waals surface area contributed by atoms with Crippen LogP contribution in [0.1, 0.15) is 29.2 Å². The average molecular weight is 282 g/mol. The molecule has 2 aromatic rings. The molecule has 0 aliphatic heterocycles. The van der Waals surface area contributed by atoms with Gasteiger partial charge in [-0.3, -0.25) is 0 Å². The minimum atomic E-state index is 0.935. The van der Waals surface area contributed by atoms with Crippen LogP contribution in [-0.2, 0) is 13.1 Å². The van der Waals surface area contributed by atoms with Crippen LogP contribution in [0.5, 0.6) is 0 Å². The van der Waals surface area contributed by atoms with Crippen LogP contribution >= 0.6 is 0 Å². The fraction of sp³-hybridized carbons (Fsp3) is 0.368. The zero-order valence-electron chi connectivity index (χ0n) is 13.6. The molecule has 0 atom stereocenters. The van der Waals surface area contributed by atoms with Crippen molar-refractivity contribution in [2.45, 2.75) is 33.9 Å². The molecule has 112 valence electrons. The molecule has 2 nitrogen and oxygen atoms in total. The Labute approximate surface area is 128 Å². The van der Waals surface area contributed by atoms with Crippen molar-refractivity contribution in [2.75, 3.05) is 18.5 Å². The largest absolute Gasteiger partial charge is 0.370 e. The van der Waals surface area contributed by atoms with Crippen LogP contribution in [0.4, 0.5) is 5.69 Å². The van der Waals surface area contributed by atoms with Crippen molar-refractivity contribution in [1.29, 1.82) is 0 Å². The van der Waals surface area contributed by atoms with E-state index in [2.05, 4.69) is 80.5 Å². The Kier molecular flexibility index (Phi) is 5.40. The molecule has 0 bridgehead atoms. The van der Waals surface area contributed by atoms with Gasteiger partial charge in [0.05, 0.1) is 0 Å². The van der Waals surface area contributed by atoms with Crippen LogP contribution in [0.2, 0.25) is 0 Å². The Hall–Kier alpha value is -1.80. The molecule has 0 fully saturated rings. The summed E-state index contributed by atoms with van der Waals surface area (Å²) >= 11 is 0. The van der Waals surface area contributed by atoms with Crippen molar-refractivity contribution >= 4 is 5.69 Å². The minimum Gasteiger partial charge on any atom is -0.370 e. The number of rotatable bonds is 6. The van der Waals surface area contributed by atoms with Gasteiger partial charge < -0.3 is 10.2 Å². The van der Waals surface area contributed by atoms with E-state index in [0.29, 0.717) is 0 Å². The summed E-state index contributed by atoms with van der Waals surface area (Å²) in [6.07, 6.45) is 0. The van der Waals surface area contributed by atoms with Gasteiger partial charge in [-0.05, 0) is 54.8 Å². The van der Waals surface area contributed by atoms with Gasteiger partial charge in [0.25, 0.3) is 0 Å². The Morgan fingerprint density at radius 2 is 1.57 bits per heavy atom. The van der Waals surface area contributed by atoms with E-state index in [1.807, 2.05) is 0 Å². The zero-order valence-corrected chi connectivity index (χ0v) is 13.6. The molecule has 2 aromatic carbocycles. The maximum Gasteiger partial charge on any atom is 0.0429 e. The first-order valence-electron chi connectivity index (χ1n) is 7.67. The van der Waals surface area contributed by atoms with Gasteiger partial charge in [0, 0.05) is 25.8 Å². The van der Waals surface area contributed by atoms with Crippen molar-refractivity contribution in [2.24, 2.45) is 0 Å². The first-order chi connectivity index (χ1) is 10.1. The molecule has 2 rings (SSSR count). The van der Waals surface area contributed by atoms with E-state index >= 15 is 0 Å². The average Bonchev–Trinajstić information content (AvgIpc) is 2.45. The lowest BCUT2D eigenvalue weighted by molar-refractivity contribution is 0.717. The lowest BCUT2D eigenvalue weighted by Gasteiger charge is -2.22. The van der Waals surface area contributed by atoms with Gasteiger partial charge in [0.2, 0.25) is 0 Å². The van der Waals surface area contributed by atoms with E-state index < -0.39 is 0 Å². The minimum absolute atomic E-state index is 0.935. The van der Waals surface area contributed by atoms with E-state index in [-0.39, 0.29) is 0 Å². The summed E-state index contributed by atoms with van der Waals surface area (Å²) in [5.41, 5.74) is 6.69. The summed E-state index contributed by atoms with van der Waals surface area (Å²) in [6, 6.07) is 15.4. The van der Waals surface area contributed by atoms with Crippen LogP contribution in [0.25, 0.3) is 0 Å². The predicted octanol–water partition coefficient (Wildman–Crippen LogP) is 4.05. The second-order valence-electron chi connectivity index (χ2n) is 5.75.